The van der Waals surface area contributed by atoms with Gasteiger partial charge in [-0.15, -0.1) is 0 Å². The fourth-order valence-corrected chi connectivity index (χ4v) is 4.32. The Morgan fingerprint density at radius 3 is 2.81 bits per heavy atom. The number of anilines is 1. The third-order valence-electron chi connectivity index (χ3n) is 5.32. The Balaban J connectivity index is 1.66. The maximum Gasteiger partial charge on any atom is 0.328 e. The summed E-state index contributed by atoms with van der Waals surface area (Å²) < 4.78 is 0. The van der Waals surface area contributed by atoms with Crippen LogP contribution in [0.4, 0.5) is 10.5 Å². The van der Waals surface area contributed by atoms with Gasteiger partial charge in [0, 0.05) is 30.8 Å². The van der Waals surface area contributed by atoms with Crippen LogP contribution >= 0.6 is 11.6 Å². The second-order valence-electron chi connectivity index (χ2n) is 6.98. The van der Waals surface area contributed by atoms with Crippen LogP contribution in [-0.2, 0) is 9.59 Å². The van der Waals surface area contributed by atoms with Gasteiger partial charge in [-0.1, -0.05) is 17.7 Å². The predicted octanol–water partition coefficient (Wildman–Crippen LogP) is -0.187. The Bertz CT molecular complexity index is 805. The number of nitrogens with two attached hydrogens (primary N) is 1. The Labute approximate surface area is 161 Å². The number of urea groups is 1. The van der Waals surface area contributed by atoms with Crippen LogP contribution in [0.2, 0.25) is 5.02 Å². The van der Waals surface area contributed by atoms with Gasteiger partial charge in [0.2, 0.25) is 5.91 Å². The molecule has 1 aromatic carbocycles. The van der Waals surface area contributed by atoms with E-state index in [1.807, 2.05) is 29.2 Å². The number of hydrogen-bond acceptors (Lipinski definition) is 6. The van der Waals surface area contributed by atoms with Gasteiger partial charge in [0.05, 0.1) is 0 Å². The second-order valence-corrected chi connectivity index (χ2v) is 7.42. The van der Waals surface area contributed by atoms with Crippen molar-refractivity contribution in [3.05, 3.63) is 29.3 Å². The van der Waals surface area contributed by atoms with Crippen LogP contribution < -0.4 is 16.0 Å². The van der Waals surface area contributed by atoms with Gasteiger partial charge in [0.1, 0.15) is 25.0 Å². The van der Waals surface area contributed by atoms with Crippen LogP contribution in [0, 0.1) is 0 Å². The molecule has 3 fully saturated rings. The third-order valence-corrected chi connectivity index (χ3v) is 5.56. The lowest BCUT2D eigenvalue weighted by Gasteiger charge is -2.43. The minimum atomic E-state index is -0.717. The summed E-state index contributed by atoms with van der Waals surface area (Å²) in [7, 11) is 1.62. The molecule has 4 rings (SSSR count). The van der Waals surface area contributed by atoms with Crippen LogP contribution in [0.5, 0.6) is 0 Å². The van der Waals surface area contributed by atoms with E-state index in [2.05, 4.69) is 10.2 Å². The number of imide groups is 1. The number of rotatable bonds is 3. The summed E-state index contributed by atoms with van der Waals surface area (Å²) >= 11 is 6.14. The first-order valence-electron chi connectivity index (χ1n) is 8.79. The maximum atomic E-state index is 13.0. The highest BCUT2D eigenvalue weighted by Crippen LogP contribution is 2.33. The summed E-state index contributed by atoms with van der Waals surface area (Å²) in [6.45, 7) is 1.08. The topological polar surface area (TPSA) is 102 Å². The second kappa shape index (κ2) is 6.66. The number of amides is 4. The molecule has 1 aromatic rings. The lowest BCUT2D eigenvalue weighted by molar-refractivity contribution is -0.141. The average Bonchev–Trinajstić information content (AvgIpc) is 3.03. The van der Waals surface area contributed by atoms with E-state index in [-0.39, 0.29) is 6.29 Å². The number of carbonyl (C=O) groups is 3. The van der Waals surface area contributed by atoms with Crippen molar-refractivity contribution in [2.75, 3.05) is 31.6 Å². The summed E-state index contributed by atoms with van der Waals surface area (Å²) in [5, 5.41) is 4.03. The van der Waals surface area contributed by atoms with Gasteiger partial charge >= 0.3 is 6.03 Å². The van der Waals surface area contributed by atoms with Crippen LogP contribution in [0.1, 0.15) is 6.42 Å². The first kappa shape index (κ1) is 18.0. The fourth-order valence-electron chi connectivity index (χ4n) is 4.14. The van der Waals surface area contributed by atoms with E-state index in [1.54, 1.807) is 7.05 Å². The summed E-state index contributed by atoms with van der Waals surface area (Å²) in [6.07, 6.45) is 0.133. The Morgan fingerprint density at radius 2 is 2.11 bits per heavy atom. The molecule has 0 saturated carbocycles. The highest BCUT2D eigenvalue weighted by atomic mass is 35.5. The highest BCUT2D eigenvalue weighted by molar-refractivity contribution is 6.30. The van der Waals surface area contributed by atoms with Gasteiger partial charge in [-0.3, -0.25) is 24.7 Å². The van der Waals surface area contributed by atoms with Gasteiger partial charge in [0.15, 0.2) is 0 Å². The molecular weight excluding hydrogens is 372 g/mol. The molecule has 0 bridgehead atoms. The Hall–Kier alpha value is -2.36. The molecule has 3 aliphatic rings. The number of nitrogens with one attached hydrogen (secondary N) is 1. The van der Waals surface area contributed by atoms with E-state index in [1.165, 1.54) is 4.90 Å². The minimum Gasteiger partial charge on any atom is -0.368 e. The number of halogens is 1. The van der Waals surface area contributed by atoms with Crippen molar-refractivity contribution in [2.24, 2.45) is 5.73 Å². The van der Waals surface area contributed by atoms with Gasteiger partial charge in [-0.2, -0.15) is 0 Å². The molecule has 3 atom stereocenters. The molecule has 4 amide bonds. The zero-order valence-corrected chi connectivity index (χ0v) is 15.6. The van der Waals surface area contributed by atoms with Crippen LogP contribution in [-0.4, -0.2) is 77.7 Å². The van der Waals surface area contributed by atoms with Crippen molar-refractivity contribution in [1.29, 1.82) is 0 Å². The van der Waals surface area contributed by atoms with Gasteiger partial charge in [-0.25, -0.2) is 4.79 Å². The maximum absolute atomic E-state index is 13.0. The molecule has 0 spiro atoms. The normalized spacial score (nSPS) is 28.4. The smallest absolute Gasteiger partial charge is 0.328 e. The monoisotopic (exact) mass is 392 g/mol. The number of fused-ring (bicyclic) bond motifs is 3. The van der Waals surface area contributed by atoms with Crippen molar-refractivity contribution in [2.45, 2.75) is 24.9 Å². The lowest BCUT2D eigenvalue weighted by atomic mass is 10.1. The zero-order chi connectivity index (χ0) is 19.3. The van der Waals surface area contributed by atoms with Crippen molar-refractivity contribution in [1.82, 2.24) is 20.0 Å². The number of carbonyl (C=O) groups excluding carboxylic acids is 3. The van der Waals surface area contributed by atoms with Crippen molar-refractivity contribution < 1.29 is 14.4 Å². The zero-order valence-electron chi connectivity index (χ0n) is 14.8. The van der Waals surface area contributed by atoms with Crippen molar-refractivity contribution in [3.8, 4) is 0 Å². The Kier molecular flexibility index (Phi) is 4.45. The SMILES string of the molecule is CN1C(=O)N(CC(N)=O)C(=O)C2C1NC1N(c3cccc(Cl)c3)CCCN21. The van der Waals surface area contributed by atoms with Crippen LogP contribution in [0.15, 0.2) is 24.3 Å². The lowest BCUT2D eigenvalue weighted by Crippen LogP contribution is -2.67. The number of benzene rings is 1. The molecule has 9 nitrogen and oxygen atoms in total. The number of likely N-dealkylation sites (N-methyl/N-ethyl adjacent to an activating group) is 1. The minimum absolute atomic E-state index is 0.250. The molecule has 3 unspecified atom stereocenters. The summed E-state index contributed by atoms with van der Waals surface area (Å²) in [4.78, 5) is 43.4. The molecule has 3 saturated heterocycles. The first-order chi connectivity index (χ1) is 12.9. The number of primary amides is 1. The Morgan fingerprint density at radius 1 is 1.33 bits per heavy atom. The fraction of sp³-hybridized carbons (Fsp3) is 0.471. The predicted molar refractivity (Wildman–Crippen MR) is 98.7 cm³/mol. The van der Waals surface area contributed by atoms with Crippen molar-refractivity contribution >= 4 is 35.1 Å². The summed E-state index contributed by atoms with van der Waals surface area (Å²) in [5.74, 6) is -1.12. The van der Waals surface area contributed by atoms with E-state index in [9.17, 15) is 14.4 Å². The number of nitrogens with zero attached hydrogens (tertiary/aromatic N) is 4. The van der Waals surface area contributed by atoms with Gasteiger partial charge < -0.3 is 15.5 Å². The van der Waals surface area contributed by atoms with E-state index in [0.717, 1.165) is 23.6 Å². The molecule has 3 heterocycles. The summed E-state index contributed by atoms with van der Waals surface area (Å²) in [5.41, 5.74) is 6.16. The third kappa shape index (κ3) is 2.91. The van der Waals surface area contributed by atoms with Crippen molar-refractivity contribution in [3.63, 3.8) is 0 Å². The average molecular weight is 393 g/mol. The summed E-state index contributed by atoms with van der Waals surface area (Å²) in [6, 6.07) is 6.45. The van der Waals surface area contributed by atoms with E-state index in [4.69, 9.17) is 17.3 Å². The van der Waals surface area contributed by atoms with Gasteiger partial charge in [-0.05, 0) is 24.6 Å². The van der Waals surface area contributed by atoms with Crippen LogP contribution in [0.3, 0.4) is 0 Å². The molecular formula is C17H21ClN6O3. The van der Waals surface area contributed by atoms with Crippen LogP contribution in [0.25, 0.3) is 0 Å². The quantitative estimate of drug-likeness (QED) is 0.739. The molecule has 3 N–H and O–H groups in total. The molecule has 0 aromatic heterocycles. The van der Waals surface area contributed by atoms with E-state index in [0.29, 0.717) is 11.6 Å². The molecule has 3 aliphatic heterocycles. The highest BCUT2D eigenvalue weighted by Gasteiger charge is 2.56. The van der Waals surface area contributed by atoms with Gasteiger partial charge in [0.25, 0.3) is 5.91 Å². The standard InChI is InChI=1S/C17H21ClN6O3/c1-21-14-13(15(26)24(17(21)27)9-12(19)25)23-7-3-6-22(16(23)20-14)11-5-2-4-10(18)8-11/h2,4-5,8,13-14,16,20H,3,6-7,9H2,1H3,(H2,19,25). The number of hydrogen-bond donors (Lipinski definition) is 2. The molecule has 27 heavy (non-hydrogen) atoms. The largest absolute Gasteiger partial charge is 0.368 e. The first-order valence-corrected chi connectivity index (χ1v) is 9.17. The van der Waals surface area contributed by atoms with E-state index >= 15 is 0 Å². The molecule has 10 heteroatoms. The molecule has 144 valence electrons. The van der Waals surface area contributed by atoms with E-state index < -0.39 is 36.6 Å². The molecule has 0 radical (unpaired) electrons. The molecule has 0 aliphatic carbocycles.